The van der Waals surface area contributed by atoms with Crippen molar-refractivity contribution in [3.8, 4) is 0 Å². The van der Waals surface area contributed by atoms with Crippen LogP contribution in [0.5, 0.6) is 0 Å². The van der Waals surface area contributed by atoms with Gasteiger partial charge in [-0.25, -0.2) is 0 Å². The Morgan fingerprint density at radius 3 is 2.48 bits per heavy atom. The maximum atomic E-state index is 12.7. The Labute approximate surface area is 131 Å². The summed E-state index contributed by atoms with van der Waals surface area (Å²) < 4.78 is 0. The van der Waals surface area contributed by atoms with Crippen LogP contribution >= 0.6 is 12.4 Å². The molecule has 5 heteroatoms. The largest absolute Gasteiger partial charge is 0.337 e. The third-order valence-corrected chi connectivity index (χ3v) is 4.35. The molecule has 0 aromatic heterocycles. The van der Waals surface area contributed by atoms with E-state index in [-0.39, 0.29) is 24.1 Å². The van der Waals surface area contributed by atoms with Crippen molar-refractivity contribution < 1.29 is 9.59 Å². The van der Waals surface area contributed by atoms with Gasteiger partial charge in [0.2, 0.25) is 0 Å². The van der Waals surface area contributed by atoms with Crippen molar-refractivity contribution in [2.75, 3.05) is 13.1 Å². The molecule has 0 radical (unpaired) electrons. The fraction of sp³-hybridized carbons (Fsp3) is 0.500. The maximum Gasteiger partial charge on any atom is 0.254 e. The zero-order valence-electron chi connectivity index (χ0n) is 12.2. The zero-order valence-corrected chi connectivity index (χ0v) is 13.0. The number of fused-ring (bicyclic) bond motifs is 2. The van der Waals surface area contributed by atoms with Crippen LogP contribution in [0.3, 0.4) is 0 Å². The highest BCUT2D eigenvalue weighted by atomic mass is 35.5. The van der Waals surface area contributed by atoms with Crippen LogP contribution in [0.25, 0.3) is 0 Å². The molecule has 2 fully saturated rings. The molecular formula is C16H21ClN2O2. The molecule has 2 unspecified atom stereocenters. The molecule has 1 amide bonds. The second kappa shape index (κ2) is 6.58. The quantitative estimate of drug-likeness (QED) is 0.853. The Morgan fingerprint density at radius 2 is 1.76 bits per heavy atom. The number of halogens is 1. The minimum absolute atomic E-state index is 0. The van der Waals surface area contributed by atoms with E-state index < -0.39 is 0 Å². The summed E-state index contributed by atoms with van der Waals surface area (Å²) in [6.45, 7) is 3.04. The van der Waals surface area contributed by atoms with Crippen molar-refractivity contribution in [1.82, 2.24) is 10.2 Å². The first kappa shape index (κ1) is 16.0. The van der Waals surface area contributed by atoms with E-state index in [1.807, 2.05) is 11.0 Å². The molecule has 0 spiro atoms. The van der Waals surface area contributed by atoms with Gasteiger partial charge in [0.15, 0.2) is 5.78 Å². The highest BCUT2D eigenvalue weighted by molar-refractivity contribution is 6.07. The van der Waals surface area contributed by atoms with E-state index in [9.17, 15) is 9.59 Å². The SMILES string of the molecule is CC(=O)c1ccccc1C(=O)N1CCC2CCC(C1)N2.Cl. The van der Waals surface area contributed by atoms with E-state index in [2.05, 4.69) is 5.32 Å². The number of hydrogen-bond acceptors (Lipinski definition) is 3. The number of benzene rings is 1. The molecule has 0 aliphatic carbocycles. The number of carbonyl (C=O) groups is 2. The lowest BCUT2D eigenvalue weighted by Gasteiger charge is -2.25. The van der Waals surface area contributed by atoms with Crippen LogP contribution in [0.4, 0.5) is 0 Å². The molecule has 114 valence electrons. The van der Waals surface area contributed by atoms with Gasteiger partial charge < -0.3 is 10.2 Å². The minimum Gasteiger partial charge on any atom is -0.337 e. The second-order valence-electron chi connectivity index (χ2n) is 5.78. The van der Waals surface area contributed by atoms with E-state index in [0.29, 0.717) is 23.2 Å². The summed E-state index contributed by atoms with van der Waals surface area (Å²) in [6.07, 6.45) is 3.37. The molecule has 2 atom stereocenters. The minimum atomic E-state index is -0.0524. The summed E-state index contributed by atoms with van der Waals surface area (Å²) in [5.74, 6) is -0.0615. The molecule has 1 N–H and O–H groups in total. The van der Waals surface area contributed by atoms with E-state index in [0.717, 1.165) is 25.9 Å². The van der Waals surface area contributed by atoms with E-state index >= 15 is 0 Å². The number of Topliss-reactive ketones (excluding diaryl/α,β-unsaturated/α-hetero) is 1. The molecule has 2 saturated heterocycles. The van der Waals surface area contributed by atoms with E-state index in [1.165, 1.54) is 13.3 Å². The summed E-state index contributed by atoms with van der Waals surface area (Å²) >= 11 is 0. The van der Waals surface area contributed by atoms with Crippen molar-refractivity contribution in [2.24, 2.45) is 0 Å². The van der Waals surface area contributed by atoms with Crippen molar-refractivity contribution in [1.29, 1.82) is 0 Å². The van der Waals surface area contributed by atoms with Crippen molar-refractivity contribution in [3.05, 3.63) is 35.4 Å². The lowest BCUT2D eigenvalue weighted by molar-refractivity contribution is 0.0743. The van der Waals surface area contributed by atoms with Crippen LogP contribution in [-0.4, -0.2) is 41.8 Å². The van der Waals surface area contributed by atoms with Gasteiger partial charge in [0.05, 0.1) is 5.56 Å². The maximum absolute atomic E-state index is 12.7. The second-order valence-corrected chi connectivity index (χ2v) is 5.78. The van der Waals surface area contributed by atoms with Gasteiger partial charge in [0, 0.05) is 30.7 Å². The molecular weight excluding hydrogens is 288 g/mol. The van der Waals surface area contributed by atoms with Crippen molar-refractivity contribution in [3.63, 3.8) is 0 Å². The monoisotopic (exact) mass is 308 g/mol. The first-order valence-corrected chi connectivity index (χ1v) is 7.30. The van der Waals surface area contributed by atoms with Gasteiger partial charge in [0.25, 0.3) is 5.91 Å². The van der Waals surface area contributed by atoms with Gasteiger partial charge in [-0.05, 0) is 32.3 Å². The lowest BCUT2D eigenvalue weighted by atomic mass is 10.0. The molecule has 4 nitrogen and oxygen atoms in total. The van der Waals surface area contributed by atoms with E-state index in [4.69, 9.17) is 0 Å². The van der Waals surface area contributed by atoms with Crippen molar-refractivity contribution >= 4 is 24.1 Å². The van der Waals surface area contributed by atoms with Crippen LogP contribution in [0.15, 0.2) is 24.3 Å². The Bertz CT molecular complexity index is 547. The molecule has 1 aromatic carbocycles. The summed E-state index contributed by atoms with van der Waals surface area (Å²) in [5, 5.41) is 3.57. The van der Waals surface area contributed by atoms with Crippen LogP contribution in [0.2, 0.25) is 0 Å². The van der Waals surface area contributed by atoms with Gasteiger partial charge in [0.1, 0.15) is 0 Å². The molecule has 21 heavy (non-hydrogen) atoms. The predicted octanol–water partition coefficient (Wildman–Crippen LogP) is 2.28. The number of ketones is 1. The zero-order chi connectivity index (χ0) is 14.1. The average molecular weight is 309 g/mol. The summed E-state index contributed by atoms with van der Waals surface area (Å²) in [5.41, 5.74) is 1.07. The van der Waals surface area contributed by atoms with Gasteiger partial charge in [-0.1, -0.05) is 18.2 Å². The Hall–Kier alpha value is -1.39. The number of carbonyl (C=O) groups excluding carboxylic acids is 2. The Morgan fingerprint density at radius 1 is 1.10 bits per heavy atom. The third kappa shape index (κ3) is 3.27. The molecule has 2 heterocycles. The van der Waals surface area contributed by atoms with Gasteiger partial charge in [-0.15, -0.1) is 12.4 Å². The third-order valence-electron chi connectivity index (χ3n) is 4.35. The Balaban J connectivity index is 0.00000161. The summed E-state index contributed by atoms with van der Waals surface area (Å²) in [6, 6.07) is 8.09. The number of likely N-dealkylation sites (tertiary alicyclic amines) is 1. The topological polar surface area (TPSA) is 49.4 Å². The molecule has 2 aliphatic heterocycles. The molecule has 0 saturated carbocycles. The van der Waals surface area contributed by atoms with Crippen molar-refractivity contribution in [2.45, 2.75) is 38.3 Å². The smallest absolute Gasteiger partial charge is 0.254 e. The predicted molar refractivity (Wildman–Crippen MR) is 84.2 cm³/mol. The van der Waals surface area contributed by atoms with Crippen LogP contribution in [-0.2, 0) is 0 Å². The summed E-state index contributed by atoms with van der Waals surface area (Å²) in [4.78, 5) is 26.3. The number of hydrogen-bond donors (Lipinski definition) is 1. The first-order valence-electron chi connectivity index (χ1n) is 7.30. The molecule has 3 rings (SSSR count). The van der Waals surface area contributed by atoms with Crippen LogP contribution in [0.1, 0.15) is 46.9 Å². The molecule has 2 bridgehead atoms. The highest BCUT2D eigenvalue weighted by Gasteiger charge is 2.32. The molecule has 2 aliphatic rings. The van der Waals surface area contributed by atoms with E-state index in [1.54, 1.807) is 18.2 Å². The van der Waals surface area contributed by atoms with Gasteiger partial charge in [-0.3, -0.25) is 9.59 Å². The normalized spacial score (nSPS) is 24.1. The number of nitrogens with zero attached hydrogens (tertiary/aromatic N) is 1. The number of rotatable bonds is 2. The fourth-order valence-electron chi connectivity index (χ4n) is 3.27. The Kier molecular flexibility index (Phi) is 5.01. The molecule has 1 aromatic rings. The highest BCUT2D eigenvalue weighted by Crippen LogP contribution is 2.22. The first-order chi connectivity index (χ1) is 9.65. The standard InChI is InChI=1S/C16H20N2O2.ClH/c1-11(19)14-4-2-3-5-15(14)16(20)18-9-8-12-6-7-13(10-18)17-12;/h2-5,12-13,17H,6-10H2,1H3;1H. The summed E-state index contributed by atoms with van der Waals surface area (Å²) in [7, 11) is 0. The fourth-order valence-corrected chi connectivity index (χ4v) is 3.27. The van der Waals surface area contributed by atoms with Gasteiger partial charge in [-0.2, -0.15) is 0 Å². The lowest BCUT2D eigenvalue weighted by Crippen LogP contribution is -2.39. The van der Waals surface area contributed by atoms with Crippen LogP contribution < -0.4 is 5.32 Å². The van der Waals surface area contributed by atoms with Crippen LogP contribution in [0, 0.1) is 0 Å². The number of nitrogens with one attached hydrogen (secondary N) is 1. The number of amides is 1. The van der Waals surface area contributed by atoms with Gasteiger partial charge >= 0.3 is 0 Å². The average Bonchev–Trinajstić information content (AvgIpc) is 2.77.